The average molecular weight is 376 g/mol. The molecule has 1 aromatic carbocycles. The van der Waals surface area contributed by atoms with Crippen molar-refractivity contribution in [2.75, 3.05) is 5.33 Å². The highest BCUT2D eigenvalue weighted by molar-refractivity contribution is 9.09. The second-order valence-electron chi connectivity index (χ2n) is 7.69. The summed E-state index contributed by atoms with van der Waals surface area (Å²) in [5.41, 5.74) is 1.31. The van der Waals surface area contributed by atoms with Gasteiger partial charge in [0.15, 0.2) is 0 Å². The van der Waals surface area contributed by atoms with Crippen molar-refractivity contribution >= 4 is 27.5 Å². The van der Waals surface area contributed by atoms with E-state index < -0.39 is 0 Å². The molecule has 0 aromatic heterocycles. The first-order chi connectivity index (χ1) is 9.76. The number of rotatable bonds is 3. The summed E-state index contributed by atoms with van der Waals surface area (Å²) in [5, 5.41) is 1.56. The lowest BCUT2D eigenvalue weighted by molar-refractivity contribution is 0.103. The Balaban J connectivity index is 2.12. The molecule has 1 fully saturated rings. The van der Waals surface area contributed by atoms with Crippen molar-refractivity contribution in [3.8, 4) is 0 Å². The Bertz CT molecular complexity index is 484. The van der Waals surface area contributed by atoms with Gasteiger partial charge in [-0.1, -0.05) is 48.3 Å². The molecule has 0 amide bonds. The fraction of sp³-hybridized carbons (Fsp3) is 0.667. The van der Waals surface area contributed by atoms with Gasteiger partial charge in [0, 0.05) is 10.4 Å². The number of hydrogen-bond acceptors (Lipinski definition) is 0. The zero-order valence-corrected chi connectivity index (χ0v) is 15.5. The van der Waals surface area contributed by atoms with Gasteiger partial charge >= 0.3 is 0 Å². The third kappa shape index (κ3) is 4.22. The molecular formula is C18H25BrClF. The molecule has 1 saturated carbocycles. The van der Waals surface area contributed by atoms with Crippen LogP contribution in [0.15, 0.2) is 18.2 Å². The summed E-state index contributed by atoms with van der Waals surface area (Å²) in [7, 11) is 0. The van der Waals surface area contributed by atoms with Crippen LogP contribution in [0.25, 0.3) is 0 Å². The molecule has 2 rings (SSSR count). The van der Waals surface area contributed by atoms with Gasteiger partial charge in [-0.2, -0.15) is 0 Å². The van der Waals surface area contributed by atoms with Crippen molar-refractivity contribution in [2.45, 2.75) is 52.9 Å². The molecule has 0 radical (unpaired) electrons. The lowest BCUT2D eigenvalue weighted by atomic mass is 9.63. The minimum absolute atomic E-state index is 0.127. The Morgan fingerprint density at radius 2 is 1.90 bits per heavy atom. The van der Waals surface area contributed by atoms with E-state index in [0.29, 0.717) is 10.4 Å². The summed E-state index contributed by atoms with van der Waals surface area (Å²) >= 11 is 9.71. The van der Waals surface area contributed by atoms with Crippen LogP contribution >= 0.6 is 27.5 Å². The van der Waals surface area contributed by atoms with E-state index in [-0.39, 0.29) is 11.2 Å². The predicted octanol–water partition coefficient (Wildman–Crippen LogP) is 6.64. The SMILES string of the molecule is CC(C)(C)C1CCC(CBr)(Cc2cc(Cl)ccc2F)CC1. The highest BCUT2D eigenvalue weighted by atomic mass is 79.9. The van der Waals surface area contributed by atoms with Gasteiger partial charge in [-0.05, 0) is 72.6 Å². The largest absolute Gasteiger partial charge is 0.207 e. The second-order valence-corrected chi connectivity index (χ2v) is 8.68. The van der Waals surface area contributed by atoms with Crippen LogP contribution in [0, 0.1) is 22.6 Å². The second kappa shape index (κ2) is 6.58. The number of alkyl halides is 1. The van der Waals surface area contributed by atoms with E-state index in [1.165, 1.54) is 18.9 Å². The molecule has 0 spiro atoms. The van der Waals surface area contributed by atoms with Crippen molar-refractivity contribution in [3.63, 3.8) is 0 Å². The standard InChI is InChI=1S/C18H25BrClF/c1-17(2,3)14-6-8-18(12-19,9-7-14)11-13-10-15(20)4-5-16(13)21/h4-5,10,14H,6-9,11-12H2,1-3H3. The van der Waals surface area contributed by atoms with Gasteiger partial charge in [0.05, 0.1) is 0 Å². The predicted molar refractivity (Wildman–Crippen MR) is 92.8 cm³/mol. The van der Waals surface area contributed by atoms with Crippen LogP contribution in [0.1, 0.15) is 52.0 Å². The van der Waals surface area contributed by atoms with Crippen LogP contribution in [0.2, 0.25) is 5.02 Å². The highest BCUT2D eigenvalue weighted by Gasteiger charge is 2.38. The van der Waals surface area contributed by atoms with Gasteiger partial charge in [-0.3, -0.25) is 0 Å². The van der Waals surface area contributed by atoms with Crippen LogP contribution in [0.4, 0.5) is 4.39 Å². The molecule has 21 heavy (non-hydrogen) atoms. The number of halogens is 3. The third-order valence-electron chi connectivity index (χ3n) is 5.13. The molecule has 0 unspecified atom stereocenters. The van der Waals surface area contributed by atoms with Crippen LogP contribution in [0.5, 0.6) is 0 Å². The fourth-order valence-electron chi connectivity index (χ4n) is 3.54. The minimum Gasteiger partial charge on any atom is -0.207 e. The lowest BCUT2D eigenvalue weighted by Crippen LogP contribution is -2.35. The van der Waals surface area contributed by atoms with Gasteiger partial charge in [0.25, 0.3) is 0 Å². The van der Waals surface area contributed by atoms with E-state index >= 15 is 0 Å². The zero-order valence-electron chi connectivity index (χ0n) is 13.2. The Morgan fingerprint density at radius 1 is 1.29 bits per heavy atom. The monoisotopic (exact) mass is 374 g/mol. The maximum atomic E-state index is 14.0. The molecule has 1 aliphatic carbocycles. The summed E-state index contributed by atoms with van der Waals surface area (Å²) in [4.78, 5) is 0. The summed E-state index contributed by atoms with van der Waals surface area (Å²) in [6, 6.07) is 4.90. The quantitative estimate of drug-likeness (QED) is 0.519. The van der Waals surface area contributed by atoms with Crippen LogP contribution in [-0.2, 0) is 6.42 Å². The smallest absolute Gasteiger partial charge is 0.126 e. The molecule has 0 saturated heterocycles. The average Bonchev–Trinajstić information content (AvgIpc) is 2.42. The molecule has 0 nitrogen and oxygen atoms in total. The van der Waals surface area contributed by atoms with Crippen molar-refractivity contribution in [1.29, 1.82) is 0 Å². The molecule has 118 valence electrons. The van der Waals surface area contributed by atoms with Crippen molar-refractivity contribution in [1.82, 2.24) is 0 Å². The molecule has 1 aromatic rings. The van der Waals surface area contributed by atoms with Crippen LogP contribution in [0.3, 0.4) is 0 Å². The van der Waals surface area contributed by atoms with E-state index in [1.807, 2.05) is 0 Å². The summed E-state index contributed by atoms with van der Waals surface area (Å²) < 4.78 is 14.0. The Hall–Kier alpha value is -0.0800. The van der Waals surface area contributed by atoms with E-state index in [1.54, 1.807) is 12.1 Å². The first-order valence-corrected chi connectivity index (χ1v) is 9.26. The summed E-state index contributed by atoms with van der Waals surface area (Å²) in [6.07, 6.45) is 5.56. The number of benzene rings is 1. The Morgan fingerprint density at radius 3 is 2.43 bits per heavy atom. The van der Waals surface area contributed by atoms with Crippen molar-refractivity contribution < 1.29 is 4.39 Å². The van der Waals surface area contributed by atoms with Gasteiger partial charge in [0.2, 0.25) is 0 Å². The van der Waals surface area contributed by atoms with Gasteiger partial charge in [0.1, 0.15) is 5.82 Å². The van der Waals surface area contributed by atoms with Crippen LogP contribution < -0.4 is 0 Å². The van der Waals surface area contributed by atoms with Crippen LogP contribution in [-0.4, -0.2) is 5.33 Å². The molecular weight excluding hydrogens is 351 g/mol. The van der Waals surface area contributed by atoms with Crippen molar-refractivity contribution in [2.24, 2.45) is 16.7 Å². The molecule has 0 N–H and O–H groups in total. The zero-order chi connectivity index (χ0) is 15.7. The topological polar surface area (TPSA) is 0 Å². The number of hydrogen-bond donors (Lipinski definition) is 0. The lowest BCUT2D eigenvalue weighted by Gasteiger charge is -2.43. The Labute approximate surface area is 141 Å². The molecule has 0 bridgehead atoms. The van der Waals surface area contributed by atoms with Crippen molar-refractivity contribution in [3.05, 3.63) is 34.6 Å². The summed E-state index contributed by atoms with van der Waals surface area (Å²) in [5.74, 6) is 0.645. The normalized spacial score (nSPS) is 26.9. The molecule has 0 aliphatic heterocycles. The first kappa shape index (κ1) is 17.3. The molecule has 1 aliphatic rings. The molecule has 3 heteroatoms. The fourth-order valence-corrected chi connectivity index (χ4v) is 4.49. The Kier molecular flexibility index (Phi) is 5.41. The van der Waals surface area contributed by atoms with Gasteiger partial charge in [-0.25, -0.2) is 4.39 Å². The van der Waals surface area contributed by atoms with Gasteiger partial charge < -0.3 is 0 Å². The maximum absolute atomic E-state index is 14.0. The summed E-state index contributed by atoms with van der Waals surface area (Å²) in [6.45, 7) is 6.99. The van der Waals surface area contributed by atoms with E-state index in [0.717, 1.165) is 36.1 Å². The molecule has 0 atom stereocenters. The van der Waals surface area contributed by atoms with E-state index in [4.69, 9.17) is 11.6 Å². The third-order valence-corrected chi connectivity index (χ3v) is 6.55. The minimum atomic E-state index is -0.127. The van der Waals surface area contributed by atoms with Gasteiger partial charge in [-0.15, -0.1) is 0 Å². The first-order valence-electron chi connectivity index (χ1n) is 7.76. The van der Waals surface area contributed by atoms with E-state index in [9.17, 15) is 4.39 Å². The maximum Gasteiger partial charge on any atom is 0.126 e. The molecule has 0 heterocycles. The van der Waals surface area contributed by atoms with E-state index in [2.05, 4.69) is 36.7 Å². The highest BCUT2D eigenvalue weighted by Crippen LogP contribution is 2.48.